The molecule has 2 N–H and O–H groups in total. The lowest BCUT2D eigenvalue weighted by atomic mass is 9.83. The molecule has 33 heavy (non-hydrogen) atoms. The number of nitrogens with two attached hydrogens (primary N) is 1. The molecule has 0 bridgehead atoms. The van der Waals surface area contributed by atoms with Crippen LogP contribution in [0, 0.1) is 17.2 Å². The molecule has 2 aromatic rings. The molecule has 0 saturated heterocycles. The summed E-state index contributed by atoms with van der Waals surface area (Å²) in [6.07, 6.45) is 7.98. The molecule has 1 aromatic carbocycles. The molecule has 1 aromatic heterocycles. The summed E-state index contributed by atoms with van der Waals surface area (Å²) in [5.41, 5.74) is 2.55. The van der Waals surface area contributed by atoms with Gasteiger partial charge in [-0.1, -0.05) is 31.4 Å². The molecule has 2 heterocycles. The standard InChI is InChI=1S/C25H31N3O3S2/c1-17(19-5-3-2-4-6-19)28-12-11-24-23(16-28)22(15-26)25(32-24)14-20(29)13-18-7-9-21(10-8-18)33(27,30)31/h7-10,17,19H,2-6,11-14,16H2,1H3,(H2,27,30,31). The molecule has 1 aliphatic carbocycles. The van der Waals surface area contributed by atoms with Crippen molar-refractivity contribution in [2.45, 2.75) is 75.8 Å². The summed E-state index contributed by atoms with van der Waals surface area (Å²) in [6.45, 7) is 4.15. The second-order valence-electron chi connectivity index (χ2n) is 9.35. The molecule has 1 aliphatic heterocycles. The van der Waals surface area contributed by atoms with Crippen LogP contribution in [0.1, 0.15) is 65.5 Å². The Kier molecular flexibility index (Phi) is 7.34. The maximum atomic E-state index is 12.8. The third-order valence-corrected chi connectivity index (χ3v) is 9.40. The van der Waals surface area contributed by atoms with Crippen molar-refractivity contribution in [1.82, 2.24) is 4.90 Å². The molecule has 0 amide bonds. The fourth-order valence-electron chi connectivity index (χ4n) is 5.25. The van der Waals surface area contributed by atoms with E-state index in [0.29, 0.717) is 11.6 Å². The number of rotatable bonds is 7. The minimum atomic E-state index is -3.75. The Bertz CT molecular complexity index is 1160. The molecule has 2 aliphatic rings. The van der Waals surface area contributed by atoms with Crippen LogP contribution < -0.4 is 5.14 Å². The molecule has 8 heteroatoms. The van der Waals surface area contributed by atoms with Crippen molar-refractivity contribution in [2.75, 3.05) is 6.54 Å². The van der Waals surface area contributed by atoms with Crippen molar-refractivity contribution in [3.63, 3.8) is 0 Å². The van der Waals surface area contributed by atoms with Crippen molar-refractivity contribution in [2.24, 2.45) is 11.1 Å². The molecule has 176 valence electrons. The van der Waals surface area contributed by atoms with E-state index in [-0.39, 0.29) is 23.5 Å². The van der Waals surface area contributed by atoms with E-state index in [0.717, 1.165) is 41.4 Å². The van der Waals surface area contributed by atoms with Gasteiger partial charge in [0.25, 0.3) is 0 Å². The van der Waals surface area contributed by atoms with Gasteiger partial charge in [0.15, 0.2) is 0 Å². The zero-order chi connectivity index (χ0) is 23.6. The summed E-state index contributed by atoms with van der Waals surface area (Å²) in [6, 6.07) is 8.99. The molecule has 0 spiro atoms. The number of fused-ring (bicyclic) bond motifs is 1. The lowest BCUT2D eigenvalue weighted by Gasteiger charge is -2.38. The van der Waals surface area contributed by atoms with Crippen molar-refractivity contribution in [3.05, 3.63) is 50.7 Å². The summed E-state index contributed by atoms with van der Waals surface area (Å²) < 4.78 is 22.8. The maximum Gasteiger partial charge on any atom is 0.238 e. The van der Waals surface area contributed by atoms with Gasteiger partial charge in [-0.3, -0.25) is 9.69 Å². The zero-order valence-electron chi connectivity index (χ0n) is 19.0. The summed E-state index contributed by atoms with van der Waals surface area (Å²) in [5, 5.41) is 15.0. The molecule has 6 nitrogen and oxygen atoms in total. The number of carbonyl (C=O) groups excluding carboxylic acids is 1. The Labute approximate surface area is 200 Å². The van der Waals surface area contributed by atoms with Crippen LogP contribution in [0.5, 0.6) is 0 Å². The van der Waals surface area contributed by atoms with E-state index in [2.05, 4.69) is 17.9 Å². The Morgan fingerprint density at radius 3 is 2.55 bits per heavy atom. The monoisotopic (exact) mass is 485 g/mol. The van der Waals surface area contributed by atoms with Crippen LogP contribution in [-0.4, -0.2) is 31.7 Å². The van der Waals surface area contributed by atoms with Gasteiger partial charge in [-0.2, -0.15) is 5.26 Å². The molecule has 1 unspecified atom stereocenters. The van der Waals surface area contributed by atoms with Crippen LogP contribution in [0.25, 0.3) is 0 Å². The molecular formula is C25H31N3O3S2. The van der Waals surface area contributed by atoms with Crippen molar-refractivity contribution in [1.29, 1.82) is 5.26 Å². The molecule has 1 saturated carbocycles. The number of nitrogens with zero attached hydrogens (tertiary/aromatic N) is 2. The number of Topliss-reactive ketones (excluding diaryl/α,β-unsaturated/α-hetero) is 1. The average Bonchev–Trinajstić information content (AvgIpc) is 3.14. The Balaban J connectivity index is 1.44. The highest BCUT2D eigenvalue weighted by molar-refractivity contribution is 7.89. The highest BCUT2D eigenvalue weighted by atomic mass is 32.2. The minimum absolute atomic E-state index is 0.0147. The number of primary sulfonamides is 1. The predicted octanol–water partition coefficient (Wildman–Crippen LogP) is 3.95. The normalized spacial score (nSPS) is 18.5. The van der Waals surface area contributed by atoms with Gasteiger partial charge >= 0.3 is 0 Å². The first-order valence-corrected chi connectivity index (χ1v) is 14.0. The summed E-state index contributed by atoms with van der Waals surface area (Å²) in [4.78, 5) is 17.4. The van der Waals surface area contributed by atoms with E-state index in [4.69, 9.17) is 5.14 Å². The topological polar surface area (TPSA) is 104 Å². The third kappa shape index (κ3) is 5.55. The quantitative estimate of drug-likeness (QED) is 0.639. The second-order valence-corrected chi connectivity index (χ2v) is 12.1. The lowest BCUT2D eigenvalue weighted by molar-refractivity contribution is -0.117. The van der Waals surface area contributed by atoms with Gasteiger partial charge in [-0.25, -0.2) is 13.6 Å². The summed E-state index contributed by atoms with van der Waals surface area (Å²) in [7, 11) is -3.75. The second kappa shape index (κ2) is 10.1. The van der Waals surface area contributed by atoms with Crippen LogP contribution in [0.15, 0.2) is 29.2 Å². The van der Waals surface area contributed by atoms with Gasteiger partial charge < -0.3 is 0 Å². The first-order chi connectivity index (χ1) is 15.8. The van der Waals surface area contributed by atoms with E-state index < -0.39 is 10.0 Å². The Morgan fingerprint density at radius 1 is 1.21 bits per heavy atom. The summed E-state index contributed by atoms with van der Waals surface area (Å²) in [5.74, 6) is 0.757. The van der Waals surface area contributed by atoms with Crippen LogP contribution in [0.3, 0.4) is 0 Å². The highest BCUT2D eigenvalue weighted by Crippen LogP contribution is 2.36. The maximum absolute atomic E-state index is 12.8. The predicted molar refractivity (Wildman–Crippen MR) is 129 cm³/mol. The fraction of sp³-hybridized carbons (Fsp3) is 0.520. The molecule has 4 rings (SSSR count). The largest absolute Gasteiger partial charge is 0.299 e. The molecule has 0 radical (unpaired) electrons. The van der Waals surface area contributed by atoms with Crippen molar-refractivity contribution in [3.8, 4) is 6.07 Å². The third-order valence-electron chi connectivity index (χ3n) is 7.18. The number of hydrogen-bond acceptors (Lipinski definition) is 6. The van der Waals surface area contributed by atoms with Gasteiger partial charge in [0.05, 0.1) is 10.5 Å². The van der Waals surface area contributed by atoms with E-state index in [1.165, 1.54) is 49.1 Å². The number of sulfonamides is 1. The Hall–Kier alpha value is -2.05. The molecule has 1 atom stereocenters. The van der Waals surface area contributed by atoms with Crippen LogP contribution in [0.4, 0.5) is 0 Å². The molecule has 1 fully saturated rings. The minimum Gasteiger partial charge on any atom is -0.299 e. The van der Waals surface area contributed by atoms with E-state index in [9.17, 15) is 18.5 Å². The van der Waals surface area contributed by atoms with Crippen LogP contribution >= 0.6 is 11.3 Å². The fourth-order valence-corrected chi connectivity index (χ4v) is 7.05. The van der Waals surface area contributed by atoms with Crippen molar-refractivity contribution >= 4 is 27.1 Å². The number of hydrogen-bond donors (Lipinski definition) is 1. The summed E-state index contributed by atoms with van der Waals surface area (Å²) >= 11 is 1.61. The average molecular weight is 486 g/mol. The SMILES string of the molecule is CC(C1CCCCC1)N1CCc2sc(CC(=O)Cc3ccc(S(N)(=O)=O)cc3)c(C#N)c2C1. The van der Waals surface area contributed by atoms with E-state index >= 15 is 0 Å². The van der Waals surface area contributed by atoms with Crippen LogP contribution in [0.2, 0.25) is 0 Å². The number of thiophene rings is 1. The van der Waals surface area contributed by atoms with Crippen molar-refractivity contribution < 1.29 is 13.2 Å². The lowest BCUT2D eigenvalue weighted by Crippen LogP contribution is -2.42. The van der Waals surface area contributed by atoms with Gasteiger partial charge in [-0.05, 0) is 55.4 Å². The zero-order valence-corrected chi connectivity index (χ0v) is 20.7. The smallest absolute Gasteiger partial charge is 0.238 e. The number of carbonyl (C=O) groups is 1. The van der Waals surface area contributed by atoms with Gasteiger partial charge in [0, 0.05) is 41.7 Å². The van der Waals surface area contributed by atoms with Gasteiger partial charge in [0.1, 0.15) is 11.9 Å². The number of benzene rings is 1. The van der Waals surface area contributed by atoms with E-state index in [1.54, 1.807) is 23.5 Å². The number of nitriles is 1. The number of ketones is 1. The van der Waals surface area contributed by atoms with Crippen LogP contribution in [-0.2, 0) is 40.6 Å². The first kappa shape index (κ1) is 24.1. The highest BCUT2D eigenvalue weighted by Gasteiger charge is 2.31. The first-order valence-electron chi connectivity index (χ1n) is 11.7. The Morgan fingerprint density at radius 2 is 1.91 bits per heavy atom. The van der Waals surface area contributed by atoms with Gasteiger partial charge in [-0.15, -0.1) is 11.3 Å². The molecular weight excluding hydrogens is 454 g/mol. The van der Waals surface area contributed by atoms with Gasteiger partial charge in [0.2, 0.25) is 10.0 Å². The van der Waals surface area contributed by atoms with E-state index in [1.807, 2.05) is 0 Å².